The van der Waals surface area contributed by atoms with Gasteiger partial charge in [0, 0.05) is 0 Å². The van der Waals surface area contributed by atoms with Crippen LogP contribution in [-0.4, -0.2) is 18.4 Å². The SMILES string of the molecule is CCC1(CC)CP(C)(c2ccccc2)(c2ccccc2)O1. The van der Waals surface area contributed by atoms with Crippen LogP contribution in [-0.2, 0) is 4.52 Å². The molecule has 0 bridgehead atoms. The summed E-state index contributed by atoms with van der Waals surface area (Å²) in [7, 11) is 0. The van der Waals surface area contributed by atoms with Gasteiger partial charge in [-0.05, 0) is 0 Å². The molecule has 0 unspecified atom stereocenters. The van der Waals surface area contributed by atoms with E-state index in [0.29, 0.717) is 0 Å². The third-order valence-electron chi connectivity index (χ3n) is 5.26. The predicted molar refractivity (Wildman–Crippen MR) is 94.3 cm³/mol. The van der Waals surface area contributed by atoms with Crippen molar-refractivity contribution in [2.75, 3.05) is 12.8 Å². The molecule has 2 aromatic rings. The zero-order chi connectivity index (χ0) is 15.0. The fourth-order valence-corrected chi connectivity index (χ4v) is 9.79. The Balaban J connectivity index is 2.15. The second-order valence-electron chi connectivity index (χ2n) is 6.50. The molecule has 1 saturated heterocycles. The van der Waals surface area contributed by atoms with Gasteiger partial charge >= 0.3 is 128 Å². The summed E-state index contributed by atoms with van der Waals surface area (Å²) in [5.41, 5.74) is 0.0677. The van der Waals surface area contributed by atoms with Crippen molar-refractivity contribution in [2.45, 2.75) is 32.3 Å². The number of benzene rings is 2. The van der Waals surface area contributed by atoms with E-state index in [1.807, 2.05) is 0 Å². The van der Waals surface area contributed by atoms with E-state index >= 15 is 0 Å². The Hall–Kier alpha value is -1.17. The van der Waals surface area contributed by atoms with Gasteiger partial charge in [0.2, 0.25) is 0 Å². The molecule has 0 amide bonds. The van der Waals surface area contributed by atoms with Gasteiger partial charge in [0.25, 0.3) is 0 Å². The maximum absolute atomic E-state index is 6.90. The van der Waals surface area contributed by atoms with Crippen LogP contribution in [0.3, 0.4) is 0 Å². The Morgan fingerprint density at radius 3 is 1.57 bits per heavy atom. The van der Waals surface area contributed by atoms with Crippen LogP contribution < -0.4 is 10.6 Å². The first kappa shape index (κ1) is 14.8. The van der Waals surface area contributed by atoms with Crippen molar-refractivity contribution >= 4 is 17.4 Å². The molecule has 1 aliphatic rings. The number of hydrogen-bond acceptors (Lipinski definition) is 1. The molecule has 0 atom stereocenters. The summed E-state index contributed by atoms with van der Waals surface area (Å²) >= 11 is 0. The molecule has 0 aliphatic carbocycles. The van der Waals surface area contributed by atoms with Gasteiger partial charge < -0.3 is 0 Å². The maximum atomic E-state index is 6.90. The van der Waals surface area contributed by atoms with Crippen LogP contribution in [0.15, 0.2) is 60.7 Å². The number of rotatable bonds is 4. The molecule has 2 aromatic carbocycles. The molecule has 21 heavy (non-hydrogen) atoms. The van der Waals surface area contributed by atoms with Crippen LogP contribution in [0.4, 0.5) is 0 Å². The summed E-state index contributed by atoms with van der Waals surface area (Å²) in [4.78, 5) is 0. The Labute approximate surface area is 128 Å². The van der Waals surface area contributed by atoms with E-state index in [1.165, 1.54) is 16.8 Å². The second kappa shape index (κ2) is 4.93. The van der Waals surface area contributed by atoms with Crippen LogP contribution in [0.5, 0.6) is 0 Å². The van der Waals surface area contributed by atoms with Crippen LogP contribution in [0.25, 0.3) is 0 Å². The first-order valence-corrected chi connectivity index (χ1v) is 10.7. The molecular weight excluding hydrogens is 275 g/mol. The molecule has 112 valence electrons. The van der Waals surface area contributed by atoms with Crippen molar-refractivity contribution in [3.05, 3.63) is 60.7 Å². The molecule has 0 radical (unpaired) electrons. The zero-order valence-electron chi connectivity index (χ0n) is 13.3. The normalized spacial score (nSPS) is 23.5. The molecule has 1 nitrogen and oxygen atoms in total. The van der Waals surface area contributed by atoms with E-state index < -0.39 is 6.83 Å². The molecule has 3 rings (SSSR count). The van der Waals surface area contributed by atoms with Gasteiger partial charge in [-0.25, -0.2) is 0 Å². The van der Waals surface area contributed by atoms with Crippen molar-refractivity contribution in [1.82, 2.24) is 0 Å². The average molecular weight is 300 g/mol. The zero-order valence-corrected chi connectivity index (χ0v) is 14.1. The van der Waals surface area contributed by atoms with Crippen LogP contribution in [0, 0.1) is 0 Å². The Kier molecular flexibility index (Phi) is 3.47. The Bertz CT molecular complexity index is 565. The summed E-state index contributed by atoms with van der Waals surface area (Å²) in [6, 6.07) is 21.7. The molecule has 1 aliphatic heterocycles. The van der Waals surface area contributed by atoms with Crippen molar-refractivity contribution < 1.29 is 4.52 Å². The minimum absolute atomic E-state index is 0.0677. The summed E-state index contributed by atoms with van der Waals surface area (Å²) in [6.07, 6.45) is 3.35. The van der Waals surface area contributed by atoms with E-state index in [9.17, 15) is 0 Å². The van der Waals surface area contributed by atoms with E-state index in [1.54, 1.807) is 0 Å². The topological polar surface area (TPSA) is 9.23 Å². The van der Waals surface area contributed by atoms with Crippen molar-refractivity contribution in [3.63, 3.8) is 0 Å². The van der Waals surface area contributed by atoms with Gasteiger partial charge in [-0.1, -0.05) is 0 Å². The van der Waals surface area contributed by atoms with Gasteiger partial charge in [0.15, 0.2) is 0 Å². The van der Waals surface area contributed by atoms with Gasteiger partial charge in [-0.15, -0.1) is 0 Å². The molecule has 1 fully saturated rings. The van der Waals surface area contributed by atoms with Gasteiger partial charge in [0.1, 0.15) is 0 Å². The third kappa shape index (κ3) is 2.06. The second-order valence-corrected chi connectivity index (χ2v) is 11.4. The predicted octanol–water partition coefficient (Wildman–Crippen LogP) is 4.32. The van der Waals surface area contributed by atoms with Crippen LogP contribution in [0.1, 0.15) is 26.7 Å². The Morgan fingerprint density at radius 1 is 0.857 bits per heavy atom. The molecular formula is C19H25OP. The van der Waals surface area contributed by atoms with Gasteiger partial charge in [-0.3, -0.25) is 0 Å². The standard InChI is InChI=1S/C19H25OP/c1-4-19(5-2)16-21(3,20-19,17-12-8-6-9-13-17)18-14-10-7-11-15-18/h6-15H,4-5,16H2,1-3H3. The van der Waals surface area contributed by atoms with Crippen molar-refractivity contribution in [3.8, 4) is 0 Å². The first-order valence-electron chi connectivity index (χ1n) is 7.89. The molecule has 0 N–H and O–H groups in total. The molecule has 1 heterocycles. The average Bonchev–Trinajstić information content (AvgIpc) is 2.54. The van der Waals surface area contributed by atoms with Crippen LogP contribution >= 0.6 is 6.83 Å². The third-order valence-corrected chi connectivity index (χ3v) is 10.8. The summed E-state index contributed by atoms with van der Waals surface area (Å²) in [5, 5.41) is 2.76. The van der Waals surface area contributed by atoms with E-state index in [4.69, 9.17) is 4.52 Å². The molecule has 2 heteroatoms. The summed E-state index contributed by atoms with van der Waals surface area (Å²) in [6.45, 7) is 4.42. The van der Waals surface area contributed by atoms with E-state index in [0.717, 1.165) is 12.8 Å². The molecule has 0 aromatic heterocycles. The summed E-state index contributed by atoms with van der Waals surface area (Å²) in [5.74, 6) is 0. The fraction of sp³-hybridized carbons (Fsp3) is 0.368. The fourth-order valence-electron chi connectivity index (χ4n) is 3.89. The first-order chi connectivity index (χ1) is 10.1. The Morgan fingerprint density at radius 2 is 1.24 bits per heavy atom. The van der Waals surface area contributed by atoms with Crippen LogP contribution in [0.2, 0.25) is 0 Å². The quantitative estimate of drug-likeness (QED) is 0.764. The van der Waals surface area contributed by atoms with E-state index in [-0.39, 0.29) is 5.60 Å². The van der Waals surface area contributed by atoms with Gasteiger partial charge in [-0.2, -0.15) is 0 Å². The molecule has 0 spiro atoms. The van der Waals surface area contributed by atoms with Crippen molar-refractivity contribution in [1.29, 1.82) is 0 Å². The molecule has 0 saturated carbocycles. The van der Waals surface area contributed by atoms with E-state index in [2.05, 4.69) is 81.2 Å². The minimum atomic E-state index is -2.47. The van der Waals surface area contributed by atoms with Crippen molar-refractivity contribution in [2.24, 2.45) is 0 Å². The van der Waals surface area contributed by atoms with Gasteiger partial charge in [0.05, 0.1) is 0 Å². The monoisotopic (exact) mass is 300 g/mol. The number of hydrogen-bond donors (Lipinski definition) is 0. The summed E-state index contributed by atoms with van der Waals surface area (Å²) < 4.78 is 6.90.